The van der Waals surface area contributed by atoms with Crippen molar-refractivity contribution >= 4 is 40.4 Å². The lowest BCUT2D eigenvalue weighted by Crippen LogP contribution is -2.64. The van der Waals surface area contributed by atoms with Crippen molar-refractivity contribution < 1.29 is 0 Å². The first kappa shape index (κ1) is 22.0. The fourth-order valence-corrected chi connectivity index (χ4v) is 6.73. The molecule has 8 rings (SSSR count). The van der Waals surface area contributed by atoms with Gasteiger partial charge < -0.3 is 4.90 Å². The SMILES string of the molecule is c1ccc(B2c3ncccc3C3(c4ccccc4N(c4ccccc4)c4ccncc43)c3cccnc32)cc1. The number of para-hydroxylation sites is 2. The molecule has 0 saturated carbocycles. The first-order valence-electron chi connectivity index (χ1n) is 13.2. The summed E-state index contributed by atoms with van der Waals surface area (Å²) in [6.07, 6.45) is 7.75. The minimum absolute atomic E-state index is 0.0661. The number of rotatable bonds is 2. The molecule has 0 bridgehead atoms. The van der Waals surface area contributed by atoms with Gasteiger partial charge in [-0.3, -0.25) is 15.0 Å². The fraction of sp³-hybridized carbons (Fsp3) is 0.0294. The molecule has 4 nitrogen and oxygen atoms in total. The Morgan fingerprint density at radius 2 is 1.10 bits per heavy atom. The van der Waals surface area contributed by atoms with Crippen molar-refractivity contribution in [3.8, 4) is 0 Å². The molecule has 5 heteroatoms. The molecule has 0 fully saturated rings. The van der Waals surface area contributed by atoms with Gasteiger partial charge in [-0.15, -0.1) is 0 Å². The molecule has 6 aromatic rings. The van der Waals surface area contributed by atoms with Gasteiger partial charge in [0.15, 0.2) is 0 Å². The van der Waals surface area contributed by atoms with Crippen molar-refractivity contribution in [1.29, 1.82) is 0 Å². The summed E-state index contributed by atoms with van der Waals surface area (Å²) in [7, 11) is 0. The van der Waals surface area contributed by atoms with Crippen LogP contribution in [0.2, 0.25) is 0 Å². The Balaban J connectivity index is 1.53. The van der Waals surface area contributed by atoms with Gasteiger partial charge in [-0.25, -0.2) is 0 Å². The van der Waals surface area contributed by atoms with E-state index >= 15 is 0 Å². The second kappa shape index (κ2) is 8.50. The Labute approximate surface area is 227 Å². The van der Waals surface area contributed by atoms with E-state index in [-0.39, 0.29) is 6.71 Å². The third-order valence-electron chi connectivity index (χ3n) is 8.17. The van der Waals surface area contributed by atoms with Gasteiger partial charge in [0.2, 0.25) is 0 Å². The summed E-state index contributed by atoms with van der Waals surface area (Å²) in [5.74, 6) is 0. The molecule has 0 N–H and O–H groups in total. The largest absolute Gasteiger partial charge is 0.310 e. The molecule has 0 radical (unpaired) electrons. The van der Waals surface area contributed by atoms with Gasteiger partial charge in [-0.2, -0.15) is 0 Å². The van der Waals surface area contributed by atoms with Crippen LogP contribution in [0.15, 0.2) is 140 Å². The van der Waals surface area contributed by atoms with Crippen molar-refractivity contribution in [2.24, 2.45) is 0 Å². The number of benzene rings is 3. The van der Waals surface area contributed by atoms with Gasteiger partial charge in [0.05, 0.1) is 16.8 Å². The summed E-state index contributed by atoms with van der Waals surface area (Å²) in [6.45, 7) is -0.0661. The number of nitrogens with zero attached hydrogens (tertiary/aromatic N) is 4. The predicted octanol–water partition coefficient (Wildman–Crippen LogP) is 4.87. The number of aromatic nitrogens is 3. The molecule has 0 saturated heterocycles. The molecule has 2 aliphatic heterocycles. The normalized spacial score (nSPS) is 14.3. The first-order chi connectivity index (χ1) is 19.4. The molecule has 182 valence electrons. The second-order valence-electron chi connectivity index (χ2n) is 10.0. The smallest absolute Gasteiger partial charge is 0.289 e. The van der Waals surface area contributed by atoms with Crippen molar-refractivity contribution in [1.82, 2.24) is 15.0 Å². The number of pyridine rings is 3. The molecular formula is C34H23BN4. The van der Waals surface area contributed by atoms with Crippen LogP contribution in [-0.2, 0) is 5.41 Å². The standard InChI is InChI=1S/C34H23BN4/c1-3-11-24(12-4-1)35-32-27(16-9-20-37-32)34(28-17-10-21-38-33(28)35)26-15-7-8-18-30(26)39(25-13-5-2-6-14-25)31-19-22-36-23-29(31)34/h1-23H. The zero-order valence-corrected chi connectivity index (χ0v) is 21.1. The van der Waals surface area contributed by atoms with Crippen LogP contribution in [0.1, 0.15) is 22.3 Å². The quantitative estimate of drug-likeness (QED) is 0.319. The van der Waals surface area contributed by atoms with Gasteiger partial charge in [-0.05, 0) is 53.1 Å². The summed E-state index contributed by atoms with van der Waals surface area (Å²) < 4.78 is 0. The highest BCUT2D eigenvalue weighted by molar-refractivity contribution is 6.95. The maximum atomic E-state index is 5.07. The second-order valence-corrected chi connectivity index (χ2v) is 10.0. The van der Waals surface area contributed by atoms with Gasteiger partial charge in [0, 0.05) is 47.2 Å². The molecule has 1 spiro atoms. The van der Waals surface area contributed by atoms with Crippen LogP contribution in [0.3, 0.4) is 0 Å². The van der Waals surface area contributed by atoms with Crippen LogP contribution in [0, 0.1) is 0 Å². The lowest BCUT2D eigenvalue weighted by atomic mass is 9.33. The van der Waals surface area contributed by atoms with E-state index in [1.165, 1.54) is 22.2 Å². The molecule has 2 aliphatic rings. The maximum absolute atomic E-state index is 5.07. The number of hydrogen-bond donors (Lipinski definition) is 0. The van der Waals surface area contributed by atoms with E-state index < -0.39 is 5.41 Å². The Hall–Kier alpha value is -5.03. The summed E-state index contributed by atoms with van der Waals surface area (Å²) in [6, 6.07) is 40.7. The van der Waals surface area contributed by atoms with Crippen LogP contribution in [0.5, 0.6) is 0 Å². The van der Waals surface area contributed by atoms with Gasteiger partial charge in [0.25, 0.3) is 6.71 Å². The van der Waals surface area contributed by atoms with Crippen molar-refractivity contribution in [2.45, 2.75) is 5.41 Å². The minimum Gasteiger partial charge on any atom is -0.310 e. The number of hydrogen-bond acceptors (Lipinski definition) is 4. The number of anilines is 3. The highest BCUT2D eigenvalue weighted by atomic mass is 15.2. The van der Waals surface area contributed by atoms with Crippen LogP contribution in [-0.4, -0.2) is 21.7 Å². The van der Waals surface area contributed by atoms with E-state index in [1.807, 2.05) is 24.8 Å². The van der Waals surface area contributed by atoms with E-state index in [9.17, 15) is 0 Å². The Morgan fingerprint density at radius 1 is 0.513 bits per heavy atom. The summed E-state index contributed by atoms with van der Waals surface area (Å²) in [5.41, 5.74) is 10.7. The molecule has 0 atom stereocenters. The summed E-state index contributed by atoms with van der Waals surface area (Å²) >= 11 is 0. The molecule has 3 aromatic heterocycles. The molecule has 5 heterocycles. The average molecular weight is 498 g/mol. The Morgan fingerprint density at radius 3 is 1.82 bits per heavy atom. The zero-order chi connectivity index (χ0) is 25.8. The van der Waals surface area contributed by atoms with Crippen molar-refractivity contribution in [3.05, 3.63) is 162 Å². The van der Waals surface area contributed by atoms with E-state index in [4.69, 9.17) is 15.0 Å². The Bertz CT molecular complexity index is 1600. The molecule has 3 aromatic carbocycles. The van der Waals surface area contributed by atoms with Gasteiger partial charge in [-0.1, -0.05) is 84.3 Å². The van der Waals surface area contributed by atoms with E-state index in [1.54, 1.807) is 0 Å². The highest BCUT2D eigenvalue weighted by Crippen LogP contribution is 2.57. The van der Waals surface area contributed by atoms with Crippen LogP contribution < -0.4 is 21.5 Å². The third kappa shape index (κ3) is 2.98. The summed E-state index contributed by atoms with van der Waals surface area (Å²) in [4.78, 5) is 17.2. The molecule has 0 aliphatic carbocycles. The number of fused-ring (bicyclic) bond motifs is 8. The van der Waals surface area contributed by atoms with Crippen molar-refractivity contribution in [2.75, 3.05) is 4.90 Å². The maximum Gasteiger partial charge on any atom is 0.289 e. The molecule has 0 amide bonds. The van der Waals surface area contributed by atoms with Crippen LogP contribution in [0.4, 0.5) is 17.1 Å². The van der Waals surface area contributed by atoms with Gasteiger partial charge in [0.1, 0.15) is 0 Å². The molecule has 39 heavy (non-hydrogen) atoms. The fourth-order valence-electron chi connectivity index (χ4n) is 6.73. The zero-order valence-electron chi connectivity index (χ0n) is 21.1. The van der Waals surface area contributed by atoms with Crippen LogP contribution in [0.25, 0.3) is 0 Å². The van der Waals surface area contributed by atoms with Crippen LogP contribution >= 0.6 is 0 Å². The average Bonchev–Trinajstić information content (AvgIpc) is 3.02. The Kier molecular flexibility index (Phi) is 4.80. The van der Waals surface area contributed by atoms with E-state index in [0.29, 0.717) is 0 Å². The molecular weight excluding hydrogens is 475 g/mol. The minimum atomic E-state index is -0.621. The lowest BCUT2D eigenvalue weighted by Gasteiger charge is -2.49. The molecule has 0 unspecified atom stereocenters. The van der Waals surface area contributed by atoms with Gasteiger partial charge >= 0.3 is 0 Å². The first-order valence-corrected chi connectivity index (χ1v) is 13.2. The van der Waals surface area contributed by atoms with E-state index in [0.717, 1.165) is 33.8 Å². The van der Waals surface area contributed by atoms with E-state index in [2.05, 4.69) is 120 Å². The summed E-state index contributed by atoms with van der Waals surface area (Å²) in [5, 5.41) is 0. The monoisotopic (exact) mass is 498 g/mol. The van der Waals surface area contributed by atoms with Crippen molar-refractivity contribution in [3.63, 3.8) is 0 Å². The highest BCUT2D eigenvalue weighted by Gasteiger charge is 2.53. The predicted molar refractivity (Wildman–Crippen MR) is 157 cm³/mol. The lowest BCUT2D eigenvalue weighted by molar-refractivity contribution is 0.724. The topological polar surface area (TPSA) is 41.9 Å². The third-order valence-corrected chi connectivity index (χ3v) is 8.17.